The zero-order valence-corrected chi connectivity index (χ0v) is 15.5. The van der Waals surface area contributed by atoms with Gasteiger partial charge in [0.15, 0.2) is 5.78 Å². The minimum absolute atomic E-state index is 0.144. The van der Waals surface area contributed by atoms with E-state index in [1.54, 1.807) is 20.8 Å². The minimum atomic E-state index is -5.09. The fourth-order valence-electron chi connectivity index (χ4n) is 2.05. The molecule has 10 heteroatoms. The van der Waals surface area contributed by atoms with Crippen LogP contribution >= 0.6 is 0 Å². The van der Waals surface area contributed by atoms with Crippen molar-refractivity contribution < 1.29 is 42.5 Å². The van der Waals surface area contributed by atoms with E-state index in [1.165, 1.54) is 12.1 Å². The molecule has 0 aliphatic rings. The predicted molar refractivity (Wildman–Crippen MR) is 91.7 cm³/mol. The highest BCUT2D eigenvalue weighted by Gasteiger charge is 2.39. The van der Waals surface area contributed by atoms with Gasteiger partial charge >= 0.3 is 12.3 Å². The number of amides is 1. The number of alkyl halides is 3. The second-order valence-corrected chi connectivity index (χ2v) is 7.04. The monoisotopic (exact) mass is 405 g/mol. The summed E-state index contributed by atoms with van der Waals surface area (Å²) in [6, 6.07) is 4.73. The van der Waals surface area contributed by atoms with E-state index in [4.69, 9.17) is 4.74 Å². The number of hydrogen-bond acceptors (Lipinski definition) is 6. The molecule has 0 aromatic heterocycles. The van der Waals surface area contributed by atoms with Crippen LogP contribution in [-0.2, 0) is 9.53 Å². The molecule has 0 aliphatic heterocycles. The third kappa shape index (κ3) is 7.65. The molecule has 0 fully saturated rings. The van der Waals surface area contributed by atoms with Crippen LogP contribution in [0.15, 0.2) is 24.3 Å². The highest BCUT2D eigenvalue weighted by Crippen LogP contribution is 2.21. The summed E-state index contributed by atoms with van der Waals surface area (Å²) in [5.41, 5.74) is -0.712. The fourth-order valence-corrected chi connectivity index (χ4v) is 2.05. The molecule has 0 bridgehead atoms. The molecule has 0 heterocycles. The summed E-state index contributed by atoms with van der Waals surface area (Å²) >= 11 is 0. The Morgan fingerprint density at radius 1 is 1.07 bits per heavy atom. The van der Waals surface area contributed by atoms with Crippen molar-refractivity contribution in [2.75, 3.05) is 6.54 Å². The average Bonchev–Trinajstić information content (AvgIpc) is 2.56. The number of rotatable bonds is 7. The van der Waals surface area contributed by atoms with Crippen molar-refractivity contribution >= 4 is 17.7 Å². The van der Waals surface area contributed by atoms with Gasteiger partial charge in [-0.3, -0.25) is 9.59 Å². The van der Waals surface area contributed by atoms with Crippen LogP contribution in [0, 0.1) is 0 Å². The second-order valence-electron chi connectivity index (χ2n) is 7.04. The van der Waals surface area contributed by atoms with Crippen LogP contribution in [0.25, 0.3) is 0 Å². The number of ketones is 2. The molecule has 0 radical (unpaired) electrons. The molecule has 1 rings (SSSR count). The highest BCUT2D eigenvalue weighted by molar-refractivity contribution is 6.09. The van der Waals surface area contributed by atoms with E-state index < -0.39 is 48.1 Å². The predicted octanol–water partition coefficient (Wildman–Crippen LogP) is 2.31. The Morgan fingerprint density at radius 3 is 2.07 bits per heavy atom. The standard InChI is InChI=1S/C18H22F3NO6/c1-17(2,3)28-16(27)22-9-13(24)15(26)11-6-4-10(5-7-11)12(23)8-14(25)18(19,20)21/h4-7,13,15,24,26H,8-9H2,1-3H3,(H,22,27). The lowest BCUT2D eigenvalue weighted by molar-refractivity contribution is -0.170. The summed E-state index contributed by atoms with van der Waals surface area (Å²) in [5.74, 6) is -3.17. The van der Waals surface area contributed by atoms with Crippen molar-refractivity contribution in [3.8, 4) is 0 Å². The molecule has 0 spiro atoms. The van der Waals surface area contributed by atoms with Gasteiger partial charge in [-0.05, 0) is 26.3 Å². The maximum atomic E-state index is 12.2. The molecule has 0 saturated carbocycles. The number of alkyl carbamates (subject to hydrolysis) is 1. The normalized spacial score (nSPS) is 14.1. The van der Waals surface area contributed by atoms with Gasteiger partial charge in [-0.1, -0.05) is 24.3 Å². The van der Waals surface area contributed by atoms with Crippen LogP contribution < -0.4 is 5.32 Å². The van der Waals surface area contributed by atoms with Gasteiger partial charge in [0.1, 0.15) is 17.8 Å². The molecule has 2 atom stereocenters. The lowest BCUT2D eigenvalue weighted by Gasteiger charge is -2.22. The number of Topliss-reactive ketones (excluding diaryl/α,β-unsaturated/α-hetero) is 2. The molecule has 156 valence electrons. The van der Waals surface area contributed by atoms with Crippen molar-refractivity contribution in [1.82, 2.24) is 5.32 Å². The van der Waals surface area contributed by atoms with Crippen molar-refractivity contribution in [2.45, 2.75) is 51.2 Å². The van der Waals surface area contributed by atoms with Crippen molar-refractivity contribution in [1.29, 1.82) is 0 Å². The zero-order chi connectivity index (χ0) is 21.7. The summed E-state index contributed by atoms with van der Waals surface area (Å²) in [4.78, 5) is 34.1. The Morgan fingerprint density at radius 2 is 1.61 bits per heavy atom. The highest BCUT2D eigenvalue weighted by atomic mass is 19.4. The van der Waals surface area contributed by atoms with Crippen molar-refractivity contribution in [2.24, 2.45) is 0 Å². The van der Waals surface area contributed by atoms with E-state index in [2.05, 4.69) is 5.32 Å². The Kier molecular flexibility index (Phi) is 7.71. The maximum absolute atomic E-state index is 12.2. The number of aliphatic hydroxyl groups is 2. The van der Waals surface area contributed by atoms with Gasteiger partial charge < -0.3 is 20.3 Å². The van der Waals surface area contributed by atoms with Crippen molar-refractivity contribution in [3.05, 3.63) is 35.4 Å². The zero-order valence-electron chi connectivity index (χ0n) is 15.5. The van der Waals surface area contributed by atoms with E-state index in [0.29, 0.717) is 0 Å². The van der Waals surface area contributed by atoms with Gasteiger partial charge in [0.05, 0.1) is 6.42 Å². The van der Waals surface area contributed by atoms with E-state index in [1.807, 2.05) is 0 Å². The first kappa shape index (κ1) is 23.6. The smallest absolute Gasteiger partial charge is 0.444 e. The number of halogens is 3. The molecule has 0 saturated heterocycles. The molecule has 1 aromatic carbocycles. The topological polar surface area (TPSA) is 113 Å². The van der Waals surface area contributed by atoms with Crippen LogP contribution in [0.2, 0.25) is 0 Å². The quantitative estimate of drug-likeness (QED) is 0.474. The van der Waals surface area contributed by atoms with Crippen LogP contribution in [0.3, 0.4) is 0 Å². The number of ether oxygens (including phenoxy) is 1. The lowest BCUT2D eigenvalue weighted by atomic mass is 9.99. The minimum Gasteiger partial charge on any atom is -0.444 e. The number of benzene rings is 1. The Labute approximate surface area is 159 Å². The number of carbonyl (C=O) groups excluding carboxylic acids is 3. The molecular weight excluding hydrogens is 383 g/mol. The van der Waals surface area contributed by atoms with Crippen LogP contribution in [0.4, 0.5) is 18.0 Å². The first-order valence-corrected chi connectivity index (χ1v) is 8.27. The van der Waals surface area contributed by atoms with Gasteiger partial charge in [-0.15, -0.1) is 0 Å². The molecule has 28 heavy (non-hydrogen) atoms. The summed E-state index contributed by atoms with van der Waals surface area (Å²) in [7, 11) is 0. The Hall–Kier alpha value is -2.46. The second kappa shape index (κ2) is 9.16. The van der Waals surface area contributed by atoms with Gasteiger partial charge in [-0.2, -0.15) is 13.2 Å². The van der Waals surface area contributed by atoms with Crippen LogP contribution in [-0.4, -0.2) is 52.3 Å². The molecular formula is C18H22F3NO6. The SMILES string of the molecule is CC(C)(C)OC(=O)NCC(O)C(O)c1ccc(C(=O)CC(=O)C(F)(F)F)cc1. The summed E-state index contributed by atoms with van der Waals surface area (Å²) < 4.78 is 41.6. The largest absolute Gasteiger partial charge is 0.450 e. The van der Waals surface area contributed by atoms with E-state index >= 15 is 0 Å². The third-order valence-electron chi connectivity index (χ3n) is 3.43. The van der Waals surface area contributed by atoms with E-state index in [9.17, 15) is 37.8 Å². The number of nitrogens with one attached hydrogen (secondary N) is 1. The van der Waals surface area contributed by atoms with E-state index in [0.717, 1.165) is 12.1 Å². The first-order chi connectivity index (χ1) is 12.7. The fraction of sp³-hybridized carbons (Fsp3) is 0.500. The average molecular weight is 405 g/mol. The van der Waals surface area contributed by atoms with Crippen molar-refractivity contribution in [3.63, 3.8) is 0 Å². The van der Waals surface area contributed by atoms with Crippen LogP contribution in [0.5, 0.6) is 0 Å². The summed E-state index contributed by atoms with van der Waals surface area (Å²) in [6.45, 7) is 4.64. The lowest BCUT2D eigenvalue weighted by Crippen LogP contribution is -2.38. The molecule has 1 aromatic rings. The Balaban J connectivity index is 2.65. The van der Waals surface area contributed by atoms with E-state index in [-0.39, 0.29) is 17.7 Å². The van der Waals surface area contributed by atoms with Gasteiger partial charge in [0.2, 0.25) is 5.78 Å². The van der Waals surface area contributed by atoms with Gasteiger partial charge in [0.25, 0.3) is 0 Å². The van der Waals surface area contributed by atoms with Gasteiger partial charge in [0, 0.05) is 12.1 Å². The first-order valence-electron chi connectivity index (χ1n) is 8.27. The maximum Gasteiger partial charge on any atom is 0.450 e. The Bertz CT molecular complexity index is 710. The molecule has 3 N–H and O–H groups in total. The molecule has 1 amide bonds. The number of carbonyl (C=O) groups is 3. The van der Waals surface area contributed by atoms with Crippen LogP contribution in [0.1, 0.15) is 49.2 Å². The number of aliphatic hydroxyl groups excluding tert-OH is 2. The number of hydrogen-bond donors (Lipinski definition) is 3. The summed E-state index contributed by atoms with van der Waals surface area (Å²) in [5, 5.41) is 22.3. The molecule has 2 unspecified atom stereocenters. The van der Waals surface area contributed by atoms with Gasteiger partial charge in [-0.25, -0.2) is 4.79 Å². The third-order valence-corrected chi connectivity index (χ3v) is 3.43. The molecule has 0 aliphatic carbocycles. The molecule has 7 nitrogen and oxygen atoms in total. The summed E-state index contributed by atoms with van der Waals surface area (Å²) in [6.07, 6.45) is -10.0.